The lowest BCUT2D eigenvalue weighted by molar-refractivity contribution is 0.0883. The van der Waals surface area contributed by atoms with Gasteiger partial charge in [-0.2, -0.15) is 5.10 Å². The summed E-state index contributed by atoms with van der Waals surface area (Å²) in [6, 6.07) is 1.93. The maximum absolute atomic E-state index is 13.1. The standard InChI is InChI=1S/C22H28N2O2S2/c1-4-7-18(26)24-11-10-16(23-24)20-15-12-22(2,3)13-17(25)19(15)21(28-20)27-14-8-5-6-9-14/h10-11,14H,4-9,12-13H2,1-3H3. The molecule has 28 heavy (non-hydrogen) atoms. The average Bonchev–Trinajstić information content (AvgIpc) is 3.34. The Kier molecular flexibility index (Phi) is 5.53. The van der Waals surface area contributed by atoms with E-state index in [1.165, 1.54) is 34.6 Å². The van der Waals surface area contributed by atoms with E-state index in [1.54, 1.807) is 17.5 Å². The number of aromatic nitrogens is 2. The van der Waals surface area contributed by atoms with Crippen LogP contribution in [0.1, 0.15) is 86.4 Å². The molecule has 0 amide bonds. The molecule has 2 aliphatic carbocycles. The molecule has 0 atom stereocenters. The van der Waals surface area contributed by atoms with Gasteiger partial charge >= 0.3 is 0 Å². The van der Waals surface area contributed by atoms with Crippen LogP contribution < -0.4 is 0 Å². The topological polar surface area (TPSA) is 52.0 Å². The summed E-state index contributed by atoms with van der Waals surface area (Å²) in [5.74, 6) is 0.298. The van der Waals surface area contributed by atoms with Gasteiger partial charge in [0.05, 0.1) is 9.09 Å². The number of nitrogens with zero attached hydrogens (tertiary/aromatic N) is 2. The molecule has 2 aromatic heterocycles. The minimum absolute atomic E-state index is 0.0242. The number of carbonyl (C=O) groups excluding carboxylic acids is 2. The molecule has 6 heteroatoms. The number of rotatable bonds is 5. The fraction of sp³-hybridized carbons (Fsp3) is 0.591. The van der Waals surface area contributed by atoms with Gasteiger partial charge in [0.1, 0.15) is 5.69 Å². The summed E-state index contributed by atoms with van der Waals surface area (Å²) in [4.78, 5) is 26.3. The highest BCUT2D eigenvalue weighted by molar-refractivity contribution is 8.01. The molecule has 2 aliphatic rings. The Balaban J connectivity index is 1.74. The first-order valence-electron chi connectivity index (χ1n) is 10.3. The van der Waals surface area contributed by atoms with Crippen LogP contribution in [0.15, 0.2) is 16.5 Å². The number of ketones is 1. The predicted molar refractivity (Wildman–Crippen MR) is 116 cm³/mol. The fourth-order valence-corrected chi connectivity index (χ4v) is 7.43. The first-order valence-corrected chi connectivity index (χ1v) is 12.0. The summed E-state index contributed by atoms with van der Waals surface area (Å²) in [6.07, 6.45) is 9.65. The van der Waals surface area contributed by atoms with Crippen LogP contribution in [0.2, 0.25) is 0 Å². The fourth-order valence-electron chi connectivity index (χ4n) is 4.32. The molecule has 0 spiro atoms. The summed E-state index contributed by atoms with van der Waals surface area (Å²) in [7, 11) is 0. The Hall–Kier alpha value is -1.40. The Labute approximate surface area is 175 Å². The second kappa shape index (κ2) is 7.79. The maximum atomic E-state index is 13.1. The zero-order valence-corrected chi connectivity index (χ0v) is 18.5. The first-order chi connectivity index (χ1) is 13.4. The molecule has 0 aromatic carbocycles. The van der Waals surface area contributed by atoms with Crippen molar-refractivity contribution in [3.8, 4) is 10.6 Å². The molecule has 4 rings (SSSR count). The second-order valence-electron chi connectivity index (χ2n) is 8.83. The van der Waals surface area contributed by atoms with Gasteiger partial charge < -0.3 is 0 Å². The monoisotopic (exact) mass is 416 g/mol. The molecule has 150 valence electrons. The maximum Gasteiger partial charge on any atom is 0.246 e. The van der Waals surface area contributed by atoms with Crippen LogP contribution in [0.4, 0.5) is 0 Å². The Morgan fingerprint density at radius 1 is 1.32 bits per heavy atom. The number of hydrogen-bond acceptors (Lipinski definition) is 5. The SMILES string of the molecule is CCCC(=O)n1ccc(-c2sc(SC3CCCC3)c3c2CC(C)(C)CC3=O)n1. The highest BCUT2D eigenvalue weighted by Crippen LogP contribution is 2.50. The minimum Gasteiger partial charge on any atom is -0.294 e. The van der Waals surface area contributed by atoms with Crippen molar-refractivity contribution in [2.24, 2.45) is 5.41 Å². The summed E-state index contributed by atoms with van der Waals surface area (Å²) >= 11 is 3.62. The Morgan fingerprint density at radius 2 is 2.07 bits per heavy atom. The number of thioether (sulfide) groups is 1. The van der Waals surface area contributed by atoms with Crippen LogP contribution in [0.5, 0.6) is 0 Å². The van der Waals surface area contributed by atoms with Crippen molar-refractivity contribution < 1.29 is 9.59 Å². The van der Waals surface area contributed by atoms with Crippen molar-refractivity contribution in [2.75, 3.05) is 0 Å². The quantitative estimate of drug-likeness (QED) is 0.579. The molecule has 1 fully saturated rings. The minimum atomic E-state index is -0.0319. The van der Waals surface area contributed by atoms with Gasteiger partial charge in [0, 0.05) is 29.9 Å². The zero-order chi connectivity index (χ0) is 19.9. The van der Waals surface area contributed by atoms with Crippen LogP contribution in [-0.2, 0) is 6.42 Å². The number of Topliss-reactive ketones (excluding diaryl/α,β-unsaturated/α-hetero) is 1. The van der Waals surface area contributed by atoms with Crippen LogP contribution in [0, 0.1) is 5.41 Å². The van der Waals surface area contributed by atoms with Crippen molar-refractivity contribution in [2.45, 2.75) is 81.6 Å². The van der Waals surface area contributed by atoms with Gasteiger partial charge in [-0.3, -0.25) is 9.59 Å². The average molecular weight is 417 g/mol. The molecule has 0 saturated heterocycles. The van der Waals surface area contributed by atoms with Gasteiger partial charge in [-0.1, -0.05) is 33.6 Å². The van der Waals surface area contributed by atoms with Gasteiger partial charge in [0.15, 0.2) is 5.78 Å². The molecule has 1 saturated carbocycles. The van der Waals surface area contributed by atoms with Gasteiger partial charge in [-0.15, -0.1) is 23.1 Å². The van der Waals surface area contributed by atoms with Crippen molar-refractivity contribution in [3.05, 3.63) is 23.4 Å². The third kappa shape index (κ3) is 3.86. The molecular formula is C22H28N2O2S2. The lowest BCUT2D eigenvalue weighted by Crippen LogP contribution is -2.26. The molecule has 2 heterocycles. The summed E-state index contributed by atoms with van der Waals surface area (Å²) in [5, 5.41) is 5.21. The Morgan fingerprint density at radius 3 is 2.79 bits per heavy atom. The van der Waals surface area contributed by atoms with E-state index in [9.17, 15) is 9.59 Å². The van der Waals surface area contributed by atoms with E-state index in [1.807, 2.05) is 24.8 Å². The first kappa shape index (κ1) is 19.9. The van der Waals surface area contributed by atoms with Crippen LogP contribution in [0.3, 0.4) is 0 Å². The molecular weight excluding hydrogens is 388 g/mol. The van der Waals surface area contributed by atoms with Crippen LogP contribution in [0.25, 0.3) is 10.6 Å². The second-order valence-corrected chi connectivity index (χ2v) is 11.4. The van der Waals surface area contributed by atoms with Gasteiger partial charge in [0.25, 0.3) is 0 Å². The summed E-state index contributed by atoms with van der Waals surface area (Å²) in [6.45, 7) is 6.34. The van der Waals surface area contributed by atoms with Gasteiger partial charge in [-0.05, 0) is 42.7 Å². The van der Waals surface area contributed by atoms with Crippen molar-refractivity contribution in [1.29, 1.82) is 0 Å². The lowest BCUT2D eigenvalue weighted by atomic mass is 9.74. The highest BCUT2D eigenvalue weighted by Gasteiger charge is 2.37. The van der Waals surface area contributed by atoms with E-state index < -0.39 is 0 Å². The van der Waals surface area contributed by atoms with Crippen molar-refractivity contribution >= 4 is 34.8 Å². The Bertz CT molecular complexity index is 904. The van der Waals surface area contributed by atoms with Crippen LogP contribution >= 0.6 is 23.1 Å². The molecule has 0 aliphatic heterocycles. The molecule has 0 bridgehead atoms. The molecule has 0 radical (unpaired) electrons. The normalized spacial score (nSPS) is 19.2. The zero-order valence-electron chi connectivity index (χ0n) is 16.9. The summed E-state index contributed by atoms with van der Waals surface area (Å²) < 4.78 is 2.64. The van der Waals surface area contributed by atoms with Crippen molar-refractivity contribution in [3.63, 3.8) is 0 Å². The van der Waals surface area contributed by atoms with Gasteiger partial charge in [-0.25, -0.2) is 4.68 Å². The number of thiophene rings is 1. The lowest BCUT2D eigenvalue weighted by Gasteiger charge is -2.29. The molecule has 0 N–H and O–H groups in total. The van der Waals surface area contributed by atoms with E-state index in [4.69, 9.17) is 0 Å². The number of fused-ring (bicyclic) bond motifs is 1. The van der Waals surface area contributed by atoms with E-state index in [-0.39, 0.29) is 17.1 Å². The third-order valence-corrected chi connectivity index (χ3v) is 8.48. The molecule has 2 aromatic rings. The van der Waals surface area contributed by atoms with E-state index >= 15 is 0 Å². The van der Waals surface area contributed by atoms with E-state index in [0.717, 1.165) is 34.5 Å². The van der Waals surface area contributed by atoms with Crippen molar-refractivity contribution in [1.82, 2.24) is 9.78 Å². The highest BCUT2D eigenvalue weighted by atomic mass is 32.2. The number of hydrogen-bond donors (Lipinski definition) is 0. The van der Waals surface area contributed by atoms with E-state index in [2.05, 4.69) is 18.9 Å². The van der Waals surface area contributed by atoms with E-state index in [0.29, 0.717) is 18.1 Å². The molecule has 0 unspecified atom stereocenters. The smallest absolute Gasteiger partial charge is 0.246 e. The molecule has 4 nitrogen and oxygen atoms in total. The van der Waals surface area contributed by atoms with Gasteiger partial charge in [0.2, 0.25) is 5.91 Å². The third-order valence-electron chi connectivity index (χ3n) is 5.67. The number of carbonyl (C=O) groups is 2. The summed E-state index contributed by atoms with van der Waals surface area (Å²) in [5.41, 5.74) is 2.90. The largest absolute Gasteiger partial charge is 0.294 e. The van der Waals surface area contributed by atoms with Crippen LogP contribution in [-0.4, -0.2) is 26.7 Å². The predicted octanol–water partition coefficient (Wildman–Crippen LogP) is 6.24.